The lowest BCUT2D eigenvalue weighted by atomic mass is 9.88. The van der Waals surface area contributed by atoms with Crippen molar-refractivity contribution in [2.24, 2.45) is 11.3 Å². The van der Waals surface area contributed by atoms with Crippen LogP contribution in [0.25, 0.3) is 27.5 Å². The number of piperidine rings is 1. The summed E-state index contributed by atoms with van der Waals surface area (Å²) in [6, 6.07) is 20.8. The number of carbonyl (C=O) groups is 2. The lowest BCUT2D eigenvalue weighted by Crippen LogP contribution is -2.40. The average Bonchev–Trinajstić information content (AvgIpc) is 3.68. The number of ether oxygens (including phenoxy) is 2. The Kier molecular flexibility index (Phi) is 9.78. The van der Waals surface area contributed by atoms with Crippen LogP contribution < -0.4 is 0 Å². The molecular formula is C41H47FN4O4. The number of benzene rings is 3. The molecule has 0 saturated carbocycles. The lowest BCUT2D eigenvalue weighted by molar-refractivity contribution is 0.0754. The Labute approximate surface area is 293 Å². The van der Waals surface area contributed by atoms with Gasteiger partial charge < -0.3 is 18.9 Å². The van der Waals surface area contributed by atoms with Crippen LogP contribution in [0.3, 0.4) is 0 Å². The van der Waals surface area contributed by atoms with E-state index in [0.29, 0.717) is 25.7 Å². The minimum atomic E-state index is -0.591. The fourth-order valence-electron chi connectivity index (χ4n) is 7.75. The SMILES string of the molecule is CC(C)(C)C(=O)n1ncc2cc3c(cc21)c(CCCC1CCCN(C(=O)OCc2ccccc2)C1)c(C1CCOCC1)n3-c1ccc(F)cc1. The van der Waals surface area contributed by atoms with Crippen molar-refractivity contribution in [3.63, 3.8) is 0 Å². The number of hydrogen-bond donors (Lipinski definition) is 0. The van der Waals surface area contributed by atoms with Gasteiger partial charge in [-0.25, -0.2) is 9.18 Å². The van der Waals surface area contributed by atoms with Crippen LogP contribution in [-0.2, 0) is 22.5 Å². The number of nitrogens with zero attached hydrogens (tertiary/aromatic N) is 4. The van der Waals surface area contributed by atoms with E-state index in [1.54, 1.807) is 10.9 Å². The molecule has 0 N–H and O–H groups in total. The summed E-state index contributed by atoms with van der Waals surface area (Å²) >= 11 is 0. The van der Waals surface area contributed by atoms with Gasteiger partial charge in [0.25, 0.3) is 5.91 Å². The van der Waals surface area contributed by atoms with Crippen molar-refractivity contribution in [3.8, 4) is 5.69 Å². The number of likely N-dealkylation sites (tertiary alicyclic amines) is 1. The van der Waals surface area contributed by atoms with Gasteiger partial charge in [-0.3, -0.25) is 4.79 Å². The summed E-state index contributed by atoms with van der Waals surface area (Å²) < 4.78 is 29.5. The molecule has 2 aromatic heterocycles. The van der Waals surface area contributed by atoms with Crippen molar-refractivity contribution in [2.45, 2.75) is 78.2 Å². The fraction of sp³-hybridized carbons (Fsp3) is 0.439. The molecule has 0 bridgehead atoms. The van der Waals surface area contributed by atoms with Gasteiger partial charge in [-0.05, 0) is 98.4 Å². The van der Waals surface area contributed by atoms with E-state index < -0.39 is 5.41 Å². The van der Waals surface area contributed by atoms with E-state index >= 15 is 0 Å². The van der Waals surface area contributed by atoms with Crippen molar-refractivity contribution in [1.82, 2.24) is 19.2 Å². The molecule has 0 aliphatic carbocycles. The van der Waals surface area contributed by atoms with Gasteiger partial charge in [-0.15, -0.1) is 0 Å². The maximum atomic E-state index is 14.2. The highest BCUT2D eigenvalue weighted by Gasteiger charge is 2.30. The van der Waals surface area contributed by atoms with Crippen LogP contribution >= 0.6 is 0 Å². The second kappa shape index (κ2) is 14.4. The summed E-state index contributed by atoms with van der Waals surface area (Å²) in [4.78, 5) is 28.3. The lowest BCUT2D eigenvalue weighted by Gasteiger charge is -2.32. The minimum Gasteiger partial charge on any atom is -0.445 e. The second-order valence-electron chi connectivity index (χ2n) is 15.0. The van der Waals surface area contributed by atoms with Crippen molar-refractivity contribution in [3.05, 3.63) is 95.6 Å². The Morgan fingerprint density at radius 3 is 2.48 bits per heavy atom. The van der Waals surface area contributed by atoms with Crippen LogP contribution in [0.4, 0.5) is 9.18 Å². The van der Waals surface area contributed by atoms with E-state index in [2.05, 4.69) is 21.8 Å². The zero-order valence-corrected chi connectivity index (χ0v) is 29.4. The molecule has 262 valence electrons. The minimum absolute atomic E-state index is 0.0554. The van der Waals surface area contributed by atoms with Crippen molar-refractivity contribution < 1.29 is 23.5 Å². The number of amides is 1. The molecule has 3 aromatic carbocycles. The Hall–Kier alpha value is -4.50. The summed E-state index contributed by atoms with van der Waals surface area (Å²) in [7, 11) is 0. The molecule has 2 saturated heterocycles. The first-order chi connectivity index (χ1) is 24.2. The molecule has 1 atom stereocenters. The molecule has 7 rings (SSSR count). The molecule has 0 radical (unpaired) electrons. The Balaban J connectivity index is 1.21. The van der Waals surface area contributed by atoms with E-state index in [1.165, 1.54) is 23.4 Å². The van der Waals surface area contributed by atoms with Crippen LogP contribution in [0.15, 0.2) is 72.9 Å². The highest BCUT2D eigenvalue weighted by atomic mass is 19.1. The first-order valence-corrected chi connectivity index (χ1v) is 18.1. The number of carbonyl (C=O) groups excluding carboxylic acids is 2. The van der Waals surface area contributed by atoms with E-state index in [-0.39, 0.29) is 30.3 Å². The standard InChI is InChI=1S/C41H47FN4O4/c1-41(2,3)39(47)46-36-24-35-34(13-7-11-28-12-8-20-44(26-28)40(48)50-27-29-9-5-4-6-10-29)38(30-18-21-49-22-19-30)45(33-16-14-32(42)15-17-33)37(35)23-31(36)25-43-46/h4-6,9-10,14-17,23-25,28,30H,7-8,11-13,18-22,26-27H2,1-3H3. The molecule has 2 aliphatic heterocycles. The molecule has 2 aliphatic rings. The number of aromatic nitrogens is 3. The van der Waals surface area contributed by atoms with E-state index in [1.807, 2.05) is 68.1 Å². The fourth-order valence-corrected chi connectivity index (χ4v) is 7.75. The number of rotatable bonds is 8. The Morgan fingerprint density at radius 1 is 0.980 bits per heavy atom. The van der Waals surface area contributed by atoms with Crippen molar-refractivity contribution >= 4 is 33.8 Å². The maximum Gasteiger partial charge on any atom is 0.410 e. The van der Waals surface area contributed by atoms with Gasteiger partial charge in [0.15, 0.2) is 0 Å². The smallest absolute Gasteiger partial charge is 0.410 e. The quantitative estimate of drug-likeness (QED) is 0.164. The molecular weight excluding hydrogens is 631 g/mol. The van der Waals surface area contributed by atoms with Gasteiger partial charge in [-0.1, -0.05) is 51.1 Å². The van der Waals surface area contributed by atoms with Crippen LogP contribution in [0, 0.1) is 17.2 Å². The largest absolute Gasteiger partial charge is 0.445 e. The van der Waals surface area contributed by atoms with E-state index in [0.717, 1.165) is 84.5 Å². The molecule has 4 heterocycles. The number of fused-ring (bicyclic) bond motifs is 2. The van der Waals surface area contributed by atoms with Crippen LogP contribution in [0.1, 0.15) is 86.8 Å². The highest BCUT2D eigenvalue weighted by molar-refractivity contribution is 6.02. The Morgan fingerprint density at radius 2 is 1.74 bits per heavy atom. The second-order valence-corrected chi connectivity index (χ2v) is 15.0. The summed E-state index contributed by atoms with van der Waals surface area (Å²) in [5.74, 6) is 0.340. The predicted molar refractivity (Wildman–Crippen MR) is 193 cm³/mol. The van der Waals surface area contributed by atoms with E-state index in [9.17, 15) is 14.0 Å². The summed E-state index contributed by atoms with van der Waals surface area (Å²) in [5, 5.41) is 6.53. The van der Waals surface area contributed by atoms with Gasteiger partial charge in [0.2, 0.25) is 0 Å². The molecule has 5 aromatic rings. The summed E-state index contributed by atoms with van der Waals surface area (Å²) in [5.41, 5.74) is 5.66. The zero-order chi connectivity index (χ0) is 34.8. The molecule has 0 spiro atoms. The summed E-state index contributed by atoms with van der Waals surface area (Å²) in [6.07, 6.45) is 8.18. The van der Waals surface area contributed by atoms with Crippen LogP contribution in [-0.4, -0.2) is 57.6 Å². The molecule has 1 unspecified atom stereocenters. The maximum absolute atomic E-state index is 14.2. The topological polar surface area (TPSA) is 78.6 Å². The molecule has 9 heteroatoms. The third-order valence-corrected chi connectivity index (χ3v) is 10.3. The highest BCUT2D eigenvalue weighted by Crippen LogP contribution is 2.41. The molecule has 50 heavy (non-hydrogen) atoms. The summed E-state index contributed by atoms with van der Waals surface area (Å²) in [6.45, 7) is 8.84. The van der Waals surface area contributed by atoms with Gasteiger partial charge >= 0.3 is 6.09 Å². The van der Waals surface area contributed by atoms with E-state index in [4.69, 9.17) is 9.47 Å². The number of hydrogen-bond acceptors (Lipinski definition) is 5. The third kappa shape index (κ3) is 7.06. The number of aryl methyl sites for hydroxylation is 1. The average molecular weight is 679 g/mol. The Bertz CT molecular complexity index is 1970. The molecule has 2 fully saturated rings. The van der Waals surface area contributed by atoms with Gasteiger partial charge in [0.05, 0.1) is 17.2 Å². The van der Waals surface area contributed by atoms with Crippen molar-refractivity contribution in [1.29, 1.82) is 0 Å². The molecule has 8 nitrogen and oxygen atoms in total. The zero-order valence-electron chi connectivity index (χ0n) is 29.4. The van der Waals surface area contributed by atoms with Crippen LogP contribution in [0.2, 0.25) is 0 Å². The first kappa shape index (κ1) is 34.0. The predicted octanol–water partition coefficient (Wildman–Crippen LogP) is 9.07. The van der Waals surface area contributed by atoms with Crippen molar-refractivity contribution in [2.75, 3.05) is 26.3 Å². The number of halogens is 1. The monoisotopic (exact) mass is 678 g/mol. The van der Waals surface area contributed by atoms with Gasteiger partial charge in [0, 0.05) is 59.8 Å². The van der Waals surface area contributed by atoms with Crippen LogP contribution in [0.5, 0.6) is 0 Å². The van der Waals surface area contributed by atoms with Gasteiger partial charge in [-0.2, -0.15) is 9.78 Å². The molecule has 1 amide bonds. The van der Waals surface area contributed by atoms with Gasteiger partial charge in [0.1, 0.15) is 12.4 Å². The third-order valence-electron chi connectivity index (χ3n) is 10.3. The normalized spacial score (nSPS) is 17.4. The first-order valence-electron chi connectivity index (χ1n) is 18.1.